The maximum Gasteiger partial charge on any atom is 0.229 e. The molecule has 1 aromatic carbocycles. The highest BCUT2D eigenvalue weighted by Crippen LogP contribution is 2.34. The van der Waals surface area contributed by atoms with Crippen LogP contribution >= 0.6 is 0 Å². The van der Waals surface area contributed by atoms with Gasteiger partial charge in [0.1, 0.15) is 5.75 Å². The minimum absolute atomic E-state index is 0.143. The zero-order valence-corrected chi connectivity index (χ0v) is 14.0. The monoisotopic (exact) mass is 316 g/mol. The van der Waals surface area contributed by atoms with Gasteiger partial charge in [-0.15, -0.1) is 0 Å². The molecule has 0 saturated carbocycles. The van der Waals surface area contributed by atoms with E-state index in [0.29, 0.717) is 28.3 Å². The molecule has 122 valence electrons. The fourth-order valence-corrected chi connectivity index (χ4v) is 2.05. The minimum Gasteiger partial charge on any atom is -0.497 e. The molecule has 5 heteroatoms. The number of carbonyl (C=O) groups excluding carboxylic acids is 1. The molecule has 0 aliphatic carbocycles. The highest BCUT2D eigenvalue weighted by Gasteiger charge is 2.23. The van der Waals surface area contributed by atoms with Crippen LogP contribution in [0.25, 0.3) is 11.1 Å². The zero-order valence-electron chi connectivity index (χ0n) is 14.0. The lowest BCUT2D eigenvalue weighted by Gasteiger charge is -2.20. The molecule has 2 aromatic rings. The van der Waals surface area contributed by atoms with Gasteiger partial charge in [0.2, 0.25) is 5.91 Å². The van der Waals surface area contributed by atoms with E-state index in [0.717, 1.165) is 0 Å². The van der Waals surface area contributed by atoms with E-state index in [2.05, 4.69) is 10.3 Å². The molecule has 0 bridgehead atoms. The van der Waals surface area contributed by atoms with E-state index < -0.39 is 11.2 Å². The number of anilines is 1. The number of nitrogens with zero attached hydrogens (tertiary/aromatic N) is 1. The van der Waals surface area contributed by atoms with Gasteiger partial charge in [0.15, 0.2) is 5.82 Å². The fraction of sp³-hybridized carbons (Fsp3) is 0.333. The fourth-order valence-electron chi connectivity index (χ4n) is 2.05. The third kappa shape index (κ3) is 3.67. The summed E-state index contributed by atoms with van der Waals surface area (Å²) in [4.78, 5) is 16.2. The van der Waals surface area contributed by atoms with Crippen LogP contribution < -0.4 is 10.1 Å². The summed E-state index contributed by atoms with van der Waals surface area (Å²) < 4.78 is 19.7. The molecule has 2 rings (SSSR count). The molecular formula is C18H21FN2O2. The first-order valence-electron chi connectivity index (χ1n) is 7.35. The number of pyridine rings is 1. The number of carbonyl (C=O) groups is 1. The van der Waals surface area contributed by atoms with Crippen molar-refractivity contribution in [3.63, 3.8) is 0 Å². The van der Waals surface area contributed by atoms with Gasteiger partial charge in [0.05, 0.1) is 12.8 Å². The summed E-state index contributed by atoms with van der Waals surface area (Å²) in [5, 5.41) is 2.87. The second kappa shape index (κ2) is 6.36. The van der Waals surface area contributed by atoms with Crippen molar-refractivity contribution in [1.29, 1.82) is 0 Å². The predicted octanol–water partition coefficient (Wildman–Crippen LogP) is 4.19. The lowest BCUT2D eigenvalue weighted by molar-refractivity contribution is -0.123. The predicted molar refractivity (Wildman–Crippen MR) is 89.0 cm³/mol. The number of halogens is 1. The van der Waals surface area contributed by atoms with Gasteiger partial charge in [0.25, 0.3) is 0 Å². The summed E-state index contributed by atoms with van der Waals surface area (Å²) in [5.74, 6) is 0.0322. The van der Waals surface area contributed by atoms with E-state index in [-0.39, 0.29) is 5.91 Å². The molecule has 0 atom stereocenters. The molecule has 0 aliphatic rings. The summed E-state index contributed by atoms with van der Waals surface area (Å²) >= 11 is 0. The number of aromatic nitrogens is 1. The van der Waals surface area contributed by atoms with Gasteiger partial charge in [-0.2, -0.15) is 0 Å². The van der Waals surface area contributed by atoms with Crippen molar-refractivity contribution in [3.05, 3.63) is 42.0 Å². The van der Waals surface area contributed by atoms with E-state index in [1.165, 1.54) is 0 Å². The normalized spacial score (nSPS) is 11.2. The maximum atomic E-state index is 14.5. The quantitative estimate of drug-likeness (QED) is 0.923. The third-order valence-electron chi connectivity index (χ3n) is 3.51. The molecule has 1 heterocycles. The first-order chi connectivity index (χ1) is 10.7. The molecule has 1 amide bonds. The number of hydrogen-bond acceptors (Lipinski definition) is 3. The van der Waals surface area contributed by atoms with Crippen LogP contribution in [-0.2, 0) is 4.79 Å². The van der Waals surface area contributed by atoms with Crippen molar-refractivity contribution in [2.45, 2.75) is 27.7 Å². The molecule has 0 saturated heterocycles. The van der Waals surface area contributed by atoms with Gasteiger partial charge in [-0.1, -0.05) is 20.8 Å². The minimum atomic E-state index is -0.552. The van der Waals surface area contributed by atoms with Gasteiger partial charge in [-0.05, 0) is 31.2 Å². The number of benzene rings is 1. The summed E-state index contributed by atoms with van der Waals surface area (Å²) in [6, 6.07) is 6.74. The third-order valence-corrected chi connectivity index (χ3v) is 3.51. The van der Waals surface area contributed by atoms with Crippen LogP contribution in [0.1, 0.15) is 26.5 Å². The van der Waals surface area contributed by atoms with Crippen molar-refractivity contribution in [3.8, 4) is 16.9 Å². The topological polar surface area (TPSA) is 51.2 Å². The molecule has 0 aliphatic heterocycles. The second-order valence-corrected chi connectivity index (χ2v) is 6.37. The number of nitrogens with one attached hydrogen (secondary N) is 1. The van der Waals surface area contributed by atoms with Crippen molar-refractivity contribution in [1.82, 2.24) is 4.98 Å². The van der Waals surface area contributed by atoms with Crippen LogP contribution in [0.5, 0.6) is 5.75 Å². The second-order valence-electron chi connectivity index (χ2n) is 6.37. The molecular weight excluding hydrogens is 295 g/mol. The Labute approximate surface area is 135 Å². The van der Waals surface area contributed by atoms with E-state index in [1.807, 2.05) is 20.8 Å². The molecule has 0 spiro atoms. The molecule has 0 radical (unpaired) electrons. The molecule has 1 N–H and O–H groups in total. The number of methoxy groups -OCH3 is 1. The number of aryl methyl sites for hydroxylation is 1. The largest absolute Gasteiger partial charge is 0.497 e. The average Bonchev–Trinajstić information content (AvgIpc) is 2.49. The van der Waals surface area contributed by atoms with Crippen LogP contribution in [0.15, 0.2) is 30.5 Å². The summed E-state index contributed by atoms with van der Waals surface area (Å²) in [5.41, 5.74) is 1.23. The van der Waals surface area contributed by atoms with Crippen molar-refractivity contribution >= 4 is 11.6 Å². The summed E-state index contributed by atoms with van der Waals surface area (Å²) in [6.45, 7) is 7.07. The number of hydrogen-bond donors (Lipinski definition) is 1. The Morgan fingerprint density at radius 3 is 2.52 bits per heavy atom. The van der Waals surface area contributed by atoms with Gasteiger partial charge in [0, 0.05) is 28.4 Å². The lowest BCUT2D eigenvalue weighted by Crippen LogP contribution is -2.27. The first kappa shape index (κ1) is 16.9. The summed E-state index contributed by atoms with van der Waals surface area (Å²) in [7, 11) is 1.54. The number of ether oxygens (including phenoxy) is 1. The van der Waals surface area contributed by atoms with Crippen LogP contribution in [0.3, 0.4) is 0 Å². The van der Waals surface area contributed by atoms with Gasteiger partial charge in [-0.25, -0.2) is 4.39 Å². The Kier molecular flexibility index (Phi) is 4.68. The van der Waals surface area contributed by atoms with Gasteiger partial charge >= 0.3 is 0 Å². The van der Waals surface area contributed by atoms with E-state index in [9.17, 15) is 9.18 Å². The van der Waals surface area contributed by atoms with Gasteiger partial charge < -0.3 is 10.1 Å². The van der Waals surface area contributed by atoms with Crippen LogP contribution in [0.2, 0.25) is 0 Å². The van der Waals surface area contributed by atoms with Crippen LogP contribution in [0.4, 0.5) is 10.1 Å². The zero-order chi connectivity index (χ0) is 17.2. The first-order valence-corrected chi connectivity index (χ1v) is 7.35. The van der Waals surface area contributed by atoms with E-state index >= 15 is 0 Å². The van der Waals surface area contributed by atoms with Crippen molar-refractivity contribution in [2.75, 3.05) is 12.4 Å². The van der Waals surface area contributed by atoms with Gasteiger partial charge in [-0.3, -0.25) is 9.78 Å². The SMILES string of the molecule is COc1ccc(NC(=O)C(C)(C)C)c(-c2ccnc(C)c2F)c1. The molecule has 0 unspecified atom stereocenters. The lowest BCUT2D eigenvalue weighted by atomic mass is 9.95. The molecule has 0 fully saturated rings. The van der Waals surface area contributed by atoms with Crippen molar-refractivity contribution < 1.29 is 13.9 Å². The Balaban J connectivity index is 2.56. The highest BCUT2D eigenvalue weighted by molar-refractivity contribution is 5.98. The van der Waals surface area contributed by atoms with Crippen LogP contribution in [0, 0.1) is 18.2 Å². The van der Waals surface area contributed by atoms with Crippen molar-refractivity contribution in [2.24, 2.45) is 5.41 Å². The standard InChI is InChI=1S/C18H21FN2O2/c1-11-16(19)13(8-9-20-11)14-10-12(23-5)6-7-15(14)21-17(22)18(2,3)4/h6-10H,1-5H3,(H,21,22). The average molecular weight is 316 g/mol. The Hall–Kier alpha value is -2.43. The van der Waals surface area contributed by atoms with E-state index in [4.69, 9.17) is 4.74 Å². The maximum absolute atomic E-state index is 14.5. The Morgan fingerprint density at radius 1 is 1.22 bits per heavy atom. The number of amides is 1. The number of rotatable bonds is 3. The molecule has 23 heavy (non-hydrogen) atoms. The Morgan fingerprint density at radius 2 is 1.91 bits per heavy atom. The Bertz CT molecular complexity index is 736. The van der Waals surface area contributed by atoms with Crippen LogP contribution in [-0.4, -0.2) is 18.0 Å². The molecule has 4 nitrogen and oxygen atoms in total. The highest BCUT2D eigenvalue weighted by atomic mass is 19.1. The molecule has 1 aromatic heterocycles. The van der Waals surface area contributed by atoms with E-state index in [1.54, 1.807) is 44.5 Å². The summed E-state index contributed by atoms with van der Waals surface area (Å²) in [6.07, 6.45) is 1.54. The smallest absolute Gasteiger partial charge is 0.229 e.